The van der Waals surface area contributed by atoms with Gasteiger partial charge in [-0.15, -0.1) is 11.3 Å². The predicted octanol–water partition coefficient (Wildman–Crippen LogP) is 3.04. The highest BCUT2D eigenvalue weighted by atomic mass is 35.5. The van der Waals surface area contributed by atoms with Crippen LogP contribution in [0, 0.1) is 18.3 Å². The first-order chi connectivity index (χ1) is 7.22. The third kappa shape index (κ3) is 1.84. The fourth-order valence-electron chi connectivity index (χ4n) is 1.25. The van der Waals surface area contributed by atoms with Gasteiger partial charge in [0.2, 0.25) is 0 Å². The Morgan fingerprint density at radius 1 is 1.53 bits per heavy atom. The van der Waals surface area contributed by atoms with E-state index in [2.05, 4.69) is 9.97 Å². The van der Waals surface area contributed by atoms with Gasteiger partial charge in [0, 0.05) is 18.0 Å². The van der Waals surface area contributed by atoms with Gasteiger partial charge in [0.15, 0.2) is 5.01 Å². The first kappa shape index (κ1) is 10.1. The molecule has 0 atom stereocenters. The molecule has 0 aliphatic heterocycles. The van der Waals surface area contributed by atoms with E-state index in [1.807, 2.05) is 19.1 Å². The zero-order valence-corrected chi connectivity index (χ0v) is 9.43. The number of rotatable bonds is 1. The quantitative estimate of drug-likeness (QED) is 0.763. The molecule has 2 aromatic heterocycles. The highest BCUT2D eigenvalue weighted by molar-refractivity contribution is 7.15. The number of nitriles is 1. The van der Waals surface area contributed by atoms with Crippen molar-refractivity contribution in [1.82, 2.24) is 9.97 Å². The van der Waals surface area contributed by atoms with E-state index in [0.29, 0.717) is 10.0 Å². The second kappa shape index (κ2) is 3.97. The molecule has 74 valence electrons. The van der Waals surface area contributed by atoms with Crippen LogP contribution in [0.25, 0.3) is 10.4 Å². The first-order valence-corrected chi connectivity index (χ1v) is 5.39. The number of hydrogen-bond donors (Lipinski definition) is 0. The van der Waals surface area contributed by atoms with Gasteiger partial charge in [-0.05, 0) is 13.0 Å². The average Bonchev–Trinajstić information content (AvgIpc) is 2.60. The molecule has 0 amide bonds. The minimum atomic E-state index is 0.454. The summed E-state index contributed by atoms with van der Waals surface area (Å²) in [7, 11) is 0. The first-order valence-electron chi connectivity index (χ1n) is 4.20. The van der Waals surface area contributed by atoms with Crippen molar-refractivity contribution in [3.05, 3.63) is 34.2 Å². The summed E-state index contributed by atoms with van der Waals surface area (Å²) in [6.07, 6.45) is 3.26. The summed E-state index contributed by atoms with van der Waals surface area (Å²) >= 11 is 7.36. The van der Waals surface area contributed by atoms with Gasteiger partial charge in [-0.3, -0.25) is 4.98 Å². The van der Waals surface area contributed by atoms with Crippen LogP contribution >= 0.6 is 22.9 Å². The van der Waals surface area contributed by atoms with Crippen molar-refractivity contribution in [2.24, 2.45) is 0 Å². The lowest BCUT2D eigenvalue weighted by Crippen LogP contribution is -1.80. The number of pyridine rings is 1. The van der Waals surface area contributed by atoms with E-state index < -0.39 is 0 Å². The van der Waals surface area contributed by atoms with Crippen LogP contribution in [0.1, 0.15) is 10.7 Å². The molecule has 0 spiro atoms. The molecule has 0 N–H and O–H groups in total. The van der Waals surface area contributed by atoms with Gasteiger partial charge in [-0.1, -0.05) is 11.6 Å². The molecule has 0 aliphatic carbocycles. The maximum absolute atomic E-state index is 8.74. The summed E-state index contributed by atoms with van der Waals surface area (Å²) < 4.78 is 0. The zero-order chi connectivity index (χ0) is 10.8. The summed E-state index contributed by atoms with van der Waals surface area (Å²) in [6.45, 7) is 1.86. The minimum absolute atomic E-state index is 0.454. The maximum atomic E-state index is 8.74. The average molecular weight is 236 g/mol. The monoisotopic (exact) mass is 235 g/mol. The fourth-order valence-corrected chi connectivity index (χ4v) is 2.43. The van der Waals surface area contributed by atoms with E-state index >= 15 is 0 Å². The van der Waals surface area contributed by atoms with Crippen molar-refractivity contribution in [2.45, 2.75) is 6.92 Å². The Morgan fingerprint density at radius 3 is 2.93 bits per heavy atom. The predicted molar refractivity (Wildman–Crippen MR) is 59.8 cm³/mol. The normalized spacial score (nSPS) is 9.93. The molecule has 0 radical (unpaired) electrons. The van der Waals surface area contributed by atoms with Crippen LogP contribution in [0.2, 0.25) is 5.02 Å². The summed E-state index contributed by atoms with van der Waals surface area (Å²) in [4.78, 5) is 8.97. The van der Waals surface area contributed by atoms with Gasteiger partial charge < -0.3 is 0 Å². The van der Waals surface area contributed by atoms with Gasteiger partial charge in [0.05, 0.1) is 15.6 Å². The topological polar surface area (TPSA) is 49.6 Å². The number of thiazole rings is 1. The Kier molecular flexibility index (Phi) is 2.67. The highest BCUT2D eigenvalue weighted by Crippen LogP contribution is 2.33. The third-order valence-electron chi connectivity index (χ3n) is 1.91. The van der Waals surface area contributed by atoms with Gasteiger partial charge >= 0.3 is 0 Å². The molecule has 0 bridgehead atoms. The van der Waals surface area contributed by atoms with Gasteiger partial charge in [-0.2, -0.15) is 5.26 Å². The minimum Gasteiger partial charge on any atom is -0.263 e. The Morgan fingerprint density at radius 2 is 2.33 bits per heavy atom. The molecule has 0 unspecified atom stereocenters. The van der Waals surface area contributed by atoms with Crippen molar-refractivity contribution in [3.63, 3.8) is 0 Å². The van der Waals surface area contributed by atoms with Crippen LogP contribution in [0.5, 0.6) is 0 Å². The molecule has 0 saturated carbocycles. The highest BCUT2D eigenvalue weighted by Gasteiger charge is 2.11. The van der Waals surface area contributed by atoms with Crippen molar-refractivity contribution < 1.29 is 0 Å². The molecule has 15 heavy (non-hydrogen) atoms. The summed E-state index contributed by atoms with van der Waals surface area (Å²) in [5.74, 6) is 0. The second-order valence-corrected chi connectivity index (χ2v) is 4.31. The van der Waals surface area contributed by atoms with Crippen LogP contribution in [-0.2, 0) is 0 Å². The van der Waals surface area contributed by atoms with E-state index in [4.69, 9.17) is 16.9 Å². The van der Waals surface area contributed by atoms with Gasteiger partial charge in [0.1, 0.15) is 6.07 Å². The molecule has 0 aromatic carbocycles. The van der Waals surface area contributed by atoms with E-state index in [0.717, 1.165) is 16.1 Å². The standard InChI is InChI=1S/C10H6ClN3S/c1-6-10(15-9(4-12)14-6)7-2-3-13-5-8(7)11/h2-3,5H,1H3. The third-order valence-corrected chi connectivity index (χ3v) is 3.31. The van der Waals surface area contributed by atoms with Crippen LogP contribution in [0.15, 0.2) is 18.5 Å². The molecule has 0 aliphatic rings. The number of aromatic nitrogens is 2. The van der Waals surface area contributed by atoms with Gasteiger partial charge in [0.25, 0.3) is 0 Å². The summed E-state index contributed by atoms with van der Waals surface area (Å²) in [5, 5.41) is 9.78. The number of nitrogens with zero attached hydrogens (tertiary/aromatic N) is 3. The molecular weight excluding hydrogens is 230 g/mol. The largest absolute Gasteiger partial charge is 0.263 e. The molecule has 5 heteroatoms. The van der Waals surface area contributed by atoms with Crippen molar-refractivity contribution in [1.29, 1.82) is 5.26 Å². The Hall–Kier alpha value is -1.44. The van der Waals surface area contributed by atoms with Crippen LogP contribution in [0.4, 0.5) is 0 Å². The Labute approximate surface area is 96.0 Å². The van der Waals surface area contributed by atoms with Crippen molar-refractivity contribution >= 4 is 22.9 Å². The number of aryl methyl sites for hydroxylation is 1. The lowest BCUT2D eigenvalue weighted by atomic mass is 10.2. The second-order valence-electron chi connectivity index (χ2n) is 2.90. The van der Waals surface area contributed by atoms with E-state index in [-0.39, 0.29) is 0 Å². The Balaban J connectivity index is 2.60. The Bertz CT molecular complexity index is 542. The lowest BCUT2D eigenvalue weighted by Gasteiger charge is -1.99. The zero-order valence-electron chi connectivity index (χ0n) is 7.86. The molecule has 0 saturated heterocycles. The van der Waals surface area contributed by atoms with E-state index in [9.17, 15) is 0 Å². The summed E-state index contributed by atoms with van der Waals surface area (Å²) in [5.41, 5.74) is 1.70. The van der Waals surface area contributed by atoms with Crippen molar-refractivity contribution in [3.8, 4) is 16.5 Å². The smallest absolute Gasteiger partial charge is 0.195 e. The number of halogens is 1. The fraction of sp³-hybridized carbons (Fsp3) is 0.100. The van der Waals surface area contributed by atoms with E-state index in [1.54, 1.807) is 12.4 Å². The molecule has 2 rings (SSSR count). The molecule has 2 heterocycles. The van der Waals surface area contributed by atoms with Crippen LogP contribution in [-0.4, -0.2) is 9.97 Å². The molecular formula is C10H6ClN3S. The van der Waals surface area contributed by atoms with Gasteiger partial charge in [-0.25, -0.2) is 4.98 Å². The van der Waals surface area contributed by atoms with Crippen molar-refractivity contribution in [2.75, 3.05) is 0 Å². The van der Waals surface area contributed by atoms with Crippen LogP contribution in [0.3, 0.4) is 0 Å². The molecule has 2 aromatic rings. The lowest BCUT2D eigenvalue weighted by molar-refractivity contribution is 1.23. The maximum Gasteiger partial charge on any atom is 0.195 e. The molecule has 0 fully saturated rings. The summed E-state index contributed by atoms with van der Waals surface area (Å²) in [6, 6.07) is 3.85. The van der Waals surface area contributed by atoms with Crippen LogP contribution < -0.4 is 0 Å². The van der Waals surface area contributed by atoms with E-state index in [1.165, 1.54) is 11.3 Å². The SMILES string of the molecule is Cc1nc(C#N)sc1-c1ccncc1Cl. The number of hydrogen-bond acceptors (Lipinski definition) is 4. The molecule has 3 nitrogen and oxygen atoms in total.